The van der Waals surface area contributed by atoms with Gasteiger partial charge in [-0.2, -0.15) is 8.78 Å². The van der Waals surface area contributed by atoms with Gasteiger partial charge in [-0.3, -0.25) is 0 Å². The van der Waals surface area contributed by atoms with Gasteiger partial charge < -0.3 is 15.9 Å². The number of nitrogen functional groups attached to an aromatic ring is 1. The van der Waals surface area contributed by atoms with Gasteiger partial charge in [0.05, 0.1) is 15.7 Å². The van der Waals surface area contributed by atoms with Gasteiger partial charge in [0, 0.05) is 64.1 Å². The molecule has 0 heterocycles. The third-order valence-electron chi connectivity index (χ3n) is 9.08. The number of anilines is 1. The van der Waals surface area contributed by atoms with E-state index in [9.17, 15) is 78.7 Å². The van der Waals surface area contributed by atoms with Crippen LogP contribution in [-0.2, 0) is 10.0 Å². The lowest BCUT2D eigenvalue weighted by Gasteiger charge is -2.07. The van der Waals surface area contributed by atoms with E-state index in [2.05, 4.69) is 199 Å². The SMILES string of the molecule is Brc1cc(Br)c(Br)c(Br)c1Br.C.C.C.Fc1cc(F)c(F)c(F)c1F.Fc1cc(F)c2c(F)c(F)c(F)c(F)c2c1F.Ic1cc(I)c(I)c(I)c1I.NS(=O)(=O)c1ccccc1.Nc1ccccc1.Oc1c(F)c(F)cc(F)c1F.Oc1ccccc1. The predicted octanol–water partition coefficient (Wildman–Crippen LogP) is 23.3. The summed E-state index contributed by atoms with van der Waals surface area (Å²) in [6, 6.07) is 30.1. The van der Waals surface area contributed by atoms with Crippen molar-refractivity contribution in [3.8, 4) is 11.5 Å². The van der Waals surface area contributed by atoms with Crippen molar-refractivity contribution in [2.45, 2.75) is 27.2 Å². The second-order valence-corrected chi connectivity index (χ2v) is 26.1. The first-order chi connectivity index (χ1) is 39.4. The quantitative estimate of drug-likeness (QED) is 0.0428. The lowest BCUT2D eigenvalue weighted by molar-refractivity contribution is 0.356. The number of aromatic hydroxyl groups is 2. The van der Waals surface area contributed by atoms with E-state index >= 15 is 0 Å². The molecule has 0 radical (unpaired) electrons. The van der Waals surface area contributed by atoms with Crippen LogP contribution in [0.1, 0.15) is 22.3 Å². The van der Waals surface area contributed by atoms with Crippen LogP contribution in [-0.4, -0.2) is 18.6 Å². The molecule has 0 aliphatic carbocycles. The van der Waals surface area contributed by atoms with E-state index in [1.165, 1.54) is 30.0 Å². The first kappa shape index (κ1) is 87.5. The van der Waals surface area contributed by atoms with Crippen molar-refractivity contribution >= 4 is 219 Å². The van der Waals surface area contributed by atoms with Gasteiger partial charge in [-0.15, -0.1) is 0 Å². The van der Waals surface area contributed by atoms with E-state index in [0.717, 1.165) is 28.1 Å². The third-order valence-corrected chi connectivity index (χ3v) is 25.0. The zero-order valence-electron chi connectivity index (χ0n) is 40.6. The summed E-state index contributed by atoms with van der Waals surface area (Å²) in [7, 11) is -3.50. The van der Waals surface area contributed by atoms with Gasteiger partial charge in [-0.25, -0.2) is 75.0 Å². The highest BCUT2D eigenvalue weighted by atomic mass is 127. The van der Waals surface area contributed by atoms with Crippen molar-refractivity contribution in [1.29, 1.82) is 0 Å². The number of primary sulfonamides is 1. The van der Waals surface area contributed by atoms with Crippen molar-refractivity contribution in [3.05, 3.63) is 255 Å². The lowest BCUT2D eigenvalue weighted by Crippen LogP contribution is -2.11. The second-order valence-electron chi connectivity index (χ2n) is 14.9. The summed E-state index contributed by atoms with van der Waals surface area (Å²) >= 11 is 29.0. The van der Waals surface area contributed by atoms with E-state index in [-0.39, 0.29) is 45.4 Å². The molecule has 0 saturated heterocycles. The number of sulfonamides is 1. The van der Waals surface area contributed by atoms with Gasteiger partial charge >= 0.3 is 0 Å². The number of hydrogen-bond donors (Lipinski definition) is 4. The van der Waals surface area contributed by atoms with Gasteiger partial charge in [0.15, 0.2) is 75.6 Å². The zero-order valence-corrected chi connectivity index (χ0v) is 60.2. The number of phenols is 2. The molecular formula is C55H38Br5F16I5N2O4S. The highest BCUT2D eigenvalue weighted by molar-refractivity contribution is 14.1. The molecule has 6 N–H and O–H groups in total. The fourth-order valence-electron chi connectivity index (χ4n) is 5.11. The molecule has 6 nitrogen and oxygen atoms in total. The van der Waals surface area contributed by atoms with Crippen molar-refractivity contribution in [3.63, 3.8) is 0 Å². The van der Waals surface area contributed by atoms with Gasteiger partial charge in [-0.1, -0.05) is 76.9 Å². The molecule has 0 bridgehead atoms. The van der Waals surface area contributed by atoms with Crippen LogP contribution in [0.15, 0.2) is 149 Å². The zero-order chi connectivity index (χ0) is 65.1. The molecule has 9 aromatic rings. The number of nitrogens with two attached hydrogens (primary N) is 2. The van der Waals surface area contributed by atoms with E-state index in [1.54, 1.807) is 42.5 Å². The van der Waals surface area contributed by atoms with Gasteiger partial charge in [0.1, 0.15) is 11.6 Å². The summed E-state index contributed by atoms with van der Waals surface area (Å²) in [5.74, 6) is -32.3. The number of halogens is 26. The maximum absolute atomic E-state index is 13.1. The number of rotatable bonds is 1. The number of hydrogen-bond acceptors (Lipinski definition) is 5. The molecule has 33 heteroatoms. The predicted molar refractivity (Wildman–Crippen MR) is 370 cm³/mol. The molecule has 0 aromatic heterocycles. The Bertz CT molecular complexity index is 3520. The number of para-hydroxylation sites is 2. The summed E-state index contributed by atoms with van der Waals surface area (Å²) in [6.07, 6.45) is 0. The number of benzene rings is 9. The lowest BCUT2D eigenvalue weighted by atomic mass is 10.1. The molecule has 0 amide bonds. The van der Waals surface area contributed by atoms with Crippen molar-refractivity contribution in [2.75, 3.05) is 5.73 Å². The fourth-order valence-corrected chi connectivity index (χ4v) is 13.4. The van der Waals surface area contributed by atoms with Crippen LogP contribution in [0.3, 0.4) is 0 Å². The van der Waals surface area contributed by atoms with Gasteiger partial charge in [0.2, 0.25) is 27.5 Å². The van der Waals surface area contributed by atoms with Crippen molar-refractivity contribution < 1.29 is 88.9 Å². The largest absolute Gasteiger partial charge is 0.508 e. The number of fused-ring (bicyclic) bond motifs is 1. The highest BCUT2D eigenvalue weighted by Gasteiger charge is 2.27. The molecule has 0 fully saturated rings. The van der Waals surface area contributed by atoms with Crippen molar-refractivity contribution in [1.82, 2.24) is 0 Å². The van der Waals surface area contributed by atoms with Crippen LogP contribution < -0.4 is 10.9 Å². The maximum atomic E-state index is 13.1. The van der Waals surface area contributed by atoms with E-state index in [1.807, 2.05) is 42.5 Å². The normalized spacial score (nSPS) is 9.94. The van der Waals surface area contributed by atoms with Crippen LogP contribution in [0.4, 0.5) is 75.9 Å². The molecule has 88 heavy (non-hydrogen) atoms. The fraction of sp³-hybridized carbons (Fsp3) is 0.0545. The average Bonchev–Trinajstić information content (AvgIpc) is 3.66. The minimum absolute atomic E-state index is 0. The Balaban J connectivity index is 0. The third kappa shape index (κ3) is 26.1. The molecule has 0 spiro atoms. The second kappa shape index (κ2) is 41.2. The first-order valence-electron chi connectivity index (χ1n) is 21.3. The smallest absolute Gasteiger partial charge is 0.238 e. The van der Waals surface area contributed by atoms with Crippen LogP contribution in [0, 0.1) is 111 Å². The Hall–Kier alpha value is -2.52. The summed E-state index contributed by atoms with van der Waals surface area (Å²) in [6.45, 7) is 0. The van der Waals surface area contributed by atoms with E-state index in [4.69, 9.17) is 21.1 Å². The van der Waals surface area contributed by atoms with Gasteiger partial charge in [0.25, 0.3) is 0 Å². The van der Waals surface area contributed by atoms with E-state index < -0.39 is 120 Å². The van der Waals surface area contributed by atoms with Crippen LogP contribution >= 0.6 is 193 Å². The first-order valence-corrected chi connectivity index (χ1v) is 32.2. The monoisotopic (exact) mass is 2160 g/mol. The minimum atomic E-state index is -3.50. The summed E-state index contributed by atoms with van der Waals surface area (Å²) in [5, 5.41) is 18.7. The Morgan fingerprint density at radius 1 is 0.364 bits per heavy atom. The van der Waals surface area contributed by atoms with Crippen LogP contribution in [0.2, 0.25) is 0 Å². The Labute approximate surface area is 604 Å². The van der Waals surface area contributed by atoms with Gasteiger partial charge in [-0.05, 0) is 241 Å². The molecule has 0 saturated carbocycles. The van der Waals surface area contributed by atoms with Crippen LogP contribution in [0.5, 0.6) is 11.5 Å². The van der Waals surface area contributed by atoms with E-state index in [0.29, 0.717) is 5.75 Å². The molecule has 480 valence electrons. The molecular weight excluding hydrogens is 2120 g/mol. The topological polar surface area (TPSA) is 127 Å². The molecule has 9 aromatic carbocycles. The Morgan fingerprint density at radius 3 is 1.01 bits per heavy atom. The summed E-state index contributed by atoms with van der Waals surface area (Å²) < 4.78 is 232. The standard InChI is InChI=1S/C10HF7.C6HBr5.C6HF5.C6H2F4O.C6HI5.C6H7NO2S.C6H7N.C6H6O.3CH4/c11-2-1-3(12)6(13)5-4(2)7(14)9(16)10(17)8(5)15;4*7-2-1-3(8)5(10)6(11)4(2)9;7-10(8,9)6-4-2-1-3-5-6;2*7-6-4-2-1-3-5-6;;;/h1H;2*1H;1,11H;1H;1-5H,(H2,7,8,9);1-5H,7H2;1-5,7H;3*1H4. The summed E-state index contributed by atoms with van der Waals surface area (Å²) in [5.41, 5.74) is 6.18. The Kier molecular flexibility index (Phi) is 41.0. The minimum Gasteiger partial charge on any atom is -0.508 e. The molecule has 0 unspecified atom stereocenters. The molecule has 0 aliphatic rings. The Morgan fingerprint density at radius 2 is 0.682 bits per heavy atom. The molecule has 0 aliphatic heterocycles. The maximum Gasteiger partial charge on any atom is 0.238 e. The van der Waals surface area contributed by atoms with Crippen molar-refractivity contribution in [2.24, 2.45) is 5.14 Å². The molecule has 0 atom stereocenters. The number of phenolic OH excluding ortho intramolecular Hbond substituents is 2. The average molecular weight is 2160 g/mol. The summed E-state index contributed by atoms with van der Waals surface area (Å²) in [4.78, 5) is 0.148. The molecule has 9 rings (SSSR count). The van der Waals surface area contributed by atoms with Crippen LogP contribution in [0.25, 0.3) is 10.8 Å². The highest BCUT2D eigenvalue weighted by Crippen LogP contribution is 2.41.